The molecule has 0 saturated carbocycles. The van der Waals surface area contributed by atoms with Crippen LogP contribution in [-0.4, -0.2) is 42.5 Å². The molecule has 0 saturated heterocycles. The minimum absolute atomic E-state index is 0.0950. The summed E-state index contributed by atoms with van der Waals surface area (Å²) in [6.45, 7) is 3.70. The number of imidazole rings is 2. The molecular weight excluding hydrogens is 244 g/mol. The Labute approximate surface area is 112 Å². The van der Waals surface area contributed by atoms with Crippen LogP contribution >= 0.6 is 0 Å². The monoisotopic (exact) mass is 264 g/mol. The molecule has 0 aliphatic rings. The Morgan fingerprint density at radius 2 is 1.37 bits per heavy atom. The van der Waals surface area contributed by atoms with Crippen LogP contribution in [0.25, 0.3) is 0 Å². The number of rotatable bonds is 6. The molecule has 0 aromatic carbocycles. The van der Waals surface area contributed by atoms with E-state index in [2.05, 4.69) is 9.97 Å². The summed E-state index contributed by atoms with van der Waals surface area (Å²) in [7, 11) is 0. The van der Waals surface area contributed by atoms with Gasteiger partial charge in [0, 0.05) is 36.9 Å². The fourth-order valence-electron chi connectivity index (χ4n) is 2.52. The van der Waals surface area contributed by atoms with Gasteiger partial charge in [-0.1, -0.05) is 0 Å². The van der Waals surface area contributed by atoms with Gasteiger partial charge >= 0.3 is 0 Å². The molecule has 2 heterocycles. The van der Waals surface area contributed by atoms with Crippen molar-refractivity contribution in [3.63, 3.8) is 0 Å². The average molecular weight is 264 g/mol. The highest BCUT2D eigenvalue weighted by Crippen LogP contribution is 2.41. The maximum absolute atomic E-state index is 9.89. The van der Waals surface area contributed by atoms with Crippen LogP contribution in [0, 0.1) is 5.41 Å². The minimum atomic E-state index is -0.693. The highest BCUT2D eigenvalue weighted by Gasteiger charge is 2.42. The van der Waals surface area contributed by atoms with Gasteiger partial charge in [0.2, 0.25) is 0 Å². The lowest BCUT2D eigenvalue weighted by atomic mass is 9.76. The molecule has 6 nitrogen and oxygen atoms in total. The quantitative estimate of drug-likeness (QED) is 0.812. The van der Waals surface area contributed by atoms with Crippen molar-refractivity contribution < 1.29 is 10.2 Å². The van der Waals surface area contributed by atoms with Gasteiger partial charge in [-0.3, -0.25) is 0 Å². The van der Waals surface area contributed by atoms with Crippen molar-refractivity contribution in [3.8, 4) is 0 Å². The molecule has 2 unspecified atom stereocenters. The van der Waals surface area contributed by atoms with Gasteiger partial charge in [-0.15, -0.1) is 0 Å². The van der Waals surface area contributed by atoms with Gasteiger partial charge in [-0.05, 0) is 13.8 Å². The van der Waals surface area contributed by atoms with E-state index < -0.39 is 5.41 Å². The van der Waals surface area contributed by atoms with Crippen LogP contribution in [0.3, 0.4) is 0 Å². The molecule has 0 spiro atoms. The molecule has 0 aliphatic carbocycles. The lowest BCUT2D eigenvalue weighted by Gasteiger charge is -2.41. The maximum atomic E-state index is 9.89. The number of aliphatic hydroxyl groups is 2. The first-order chi connectivity index (χ1) is 9.15. The Balaban J connectivity index is 2.37. The first-order valence-electron chi connectivity index (χ1n) is 6.32. The Morgan fingerprint density at radius 3 is 1.63 bits per heavy atom. The third kappa shape index (κ3) is 2.29. The van der Waals surface area contributed by atoms with Crippen molar-refractivity contribution in [1.82, 2.24) is 19.1 Å². The van der Waals surface area contributed by atoms with Crippen molar-refractivity contribution in [3.05, 3.63) is 37.4 Å². The van der Waals surface area contributed by atoms with Crippen molar-refractivity contribution in [1.29, 1.82) is 0 Å². The topological polar surface area (TPSA) is 76.1 Å². The molecule has 0 bridgehead atoms. The summed E-state index contributed by atoms with van der Waals surface area (Å²) in [5.41, 5.74) is -0.693. The molecule has 2 aromatic heterocycles. The molecule has 2 atom stereocenters. The van der Waals surface area contributed by atoms with E-state index in [1.165, 1.54) is 0 Å². The Bertz CT molecular complexity index is 434. The first kappa shape index (κ1) is 13.8. The molecule has 6 heteroatoms. The maximum Gasteiger partial charge on any atom is 0.0948 e. The summed E-state index contributed by atoms with van der Waals surface area (Å²) < 4.78 is 3.81. The molecule has 0 fully saturated rings. The van der Waals surface area contributed by atoms with E-state index in [0.717, 1.165) is 0 Å². The zero-order valence-electron chi connectivity index (χ0n) is 11.2. The lowest BCUT2D eigenvalue weighted by Crippen LogP contribution is -2.44. The molecule has 2 rings (SSSR count). The smallest absolute Gasteiger partial charge is 0.0948 e. The van der Waals surface area contributed by atoms with E-state index in [-0.39, 0.29) is 25.3 Å². The van der Waals surface area contributed by atoms with E-state index in [1.807, 2.05) is 35.4 Å². The van der Waals surface area contributed by atoms with Crippen molar-refractivity contribution in [2.75, 3.05) is 13.2 Å². The van der Waals surface area contributed by atoms with Crippen LogP contribution in [0.5, 0.6) is 0 Å². The van der Waals surface area contributed by atoms with Crippen LogP contribution in [0.15, 0.2) is 37.4 Å². The van der Waals surface area contributed by atoms with E-state index >= 15 is 0 Å². The van der Waals surface area contributed by atoms with Gasteiger partial charge in [0.05, 0.1) is 31.3 Å². The normalized spacial score (nSPS) is 15.4. The van der Waals surface area contributed by atoms with Crippen LogP contribution < -0.4 is 0 Å². The Hall–Kier alpha value is -1.66. The summed E-state index contributed by atoms with van der Waals surface area (Å²) in [5, 5.41) is 19.8. The second-order valence-electron chi connectivity index (χ2n) is 4.92. The summed E-state index contributed by atoms with van der Waals surface area (Å²) in [6, 6.07) is -0.190. The fraction of sp³-hybridized carbons (Fsp3) is 0.538. The number of nitrogens with zero attached hydrogens (tertiary/aromatic N) is 4. The molecule has 104 valence electrons. The summed E-state index contributed by atoms with van der Waals surface area (Å²) in [4.78, 5) is 8.06. The predicted molar refractivity (Wildman–Crippen MR) is 70.5 cm³/mol. The van der Waals surface area contributed by atoms with Gasteiger partial charge in [0.25, 0.3) is 0 Å². The Kier molecular flexibility index (Phi) is 4.01. The van der Waals surface area contributed by atoms with E-state index in [0.29, 0.717) is 0 Å². The highest BCUT2D eigenvalue weighted by molar-refractivity contribution is 4.98. The highest BCUT2D eigenvalue weighted by atomic mass is 16.3. The minimum Gasteiger partial charge on any atom is -0.396 e. The second-order valence-corrected chi connectivity index (χ2v) is 4.92. The number of hydrogen-bond donors (Lipinski definition) is 2. The van der Waals surface area contributed by atoms with E-state index in [4.69, 9.17) is 0 Å². The average Bonchev–Trinajstić information content (AvgIpc) is 3.13. The zero-order chi connectivity index (χ0) is 13.9. The molecule has 2 aromatic rings. The van der Waals surface area contributed by atoms with Crippen LogP contribution in [0.4, 0.5) is 0 Å². The third-order valence-corrected chi connectivity index (χ3v) is 4.20. The fourth-order valence-corrected chi connectivity index (χ4v) is 2.52. The molecule has 0 amide bonds. The Morgan fingerprint density at radius 1 is 0.947 bits per heavy atom. The number of hydrogen-bond acceptors (Lipinski definition) is 4. The van der Waals surface area contributed by atoms with Gasteiger partial charge < -0.3 is 19.3 Å². The third-order valence-electron chi connectivity index (χ3n) is 4.20. The van der Waals surface area contributed by atoms with Crippen molar-refractivity contribution in [2.24, 2.45) is 5.41 Å². The number of aliphatic hydroxyl groups excluding tert-OH is 2. The number of aromatic nitrogens is 4. The first-order valence-corrected chi connectivity index (χ1v) is 6.32. The van der Waals surface area contributed by atoms with Gasteiger partial charge in [-0.2, -0.15) is 0 Å². The molecule has 0 aliphatic heterocycles. The van der Waals surface area contributed by atoms with Gasteiger partial charge in [0.1, 0.15) is 0 Å². The van der Waals surface area contributed by atoms with Crippen molar-refractivity contribution in [2.45, 2.75) is 25.9 Å². The lowest BCUT2D eigenvalue weighted by molar-refractivity contribution is -0.0232. The standard InChI is InChI=1S/C13H20N4O2/c1-11(16-5-3-14-9-16)13(7-18,8-19)12(2)17-6-4-15-10-17/h3-6,9-12,18-19H,7-8H2,1-2H3. The molecule has 19 heavy (non-hydrogen) atoms. The molecule has 2 N–H and O–H groups in total. The summed E-state index contributed by atoms with van der Waals surface area (Å²) in [6.07, 6.45) is 10.5. The largest absolute Gasteiger partial charge is 0.396 e. The van der Waals surface area contributed by atoms with E-state index in [9.17, 15) is 10.2 Å². The summed E-state index contributed by atoms with van der Waals surface area (Å²) in [5.74, 6) is 0. The van der Waals surface area contributed by atoms with E-state index in [1.54, 1.807) is 25.0 Å². The zero-order valence-corrected chi connectivity index (χ0v) is 11.2. The van der Waals surface area contributed by atoms with Crippen LogP contribution in [0.1, 0.15) is 25.9 Å². The van der Waals surface area contributed by atoms with Gasteiger partial charge in [0.15, 0.2) is 0 Å². The van der Waals surface area contributed by atoms with Crippen molar-refractivity contribution >= 4 is 0 Å². The SMILES string of the molecule is CC(n1ccnc1)C(CO)(CO)C(C)n1ccnc1. The predicted octanol–water partition coefficient (Wildman–Crippen LogP) is 0.873. The second kappa shape index (κ2) is 5.54. The molecule has 0 radical (unpaired) electrons. The van der Waals surface area contributed by atoms with Crippen LogP contribution in [0.2, 0.25) is 0 Å². The van der Waals surface area contributed by atoms with Crippen LogP contribution in [-0.2, 0) is 0 Å². The molecular formula is C13H20N4O2. The van der Waals surface area contributed by atoms with Gasteiger partial charge in [-0.25, -0.2) is 9.97 Å². The summed E-state index contributed by atoms with van der Waals surface area (Å²) >= 11 is 0.